The largest absolute Gasteiger partial charge is 0.482 e. The van der Waals surface area contributed by atoms with Gasteiger partial charge in [0.1, 0.15) is 5.75 Å². The zero-order valence-electron chi connectivity index (χ0n) is 12.5. The minimum Gasteiger partial charge on any atom is -0.482 e. The SMILES string of the molecule is COC(=O)COc1ccc(S(=O)(=O)Nc2c(Cl)cccc2Cl)cc1. The summed E-state index contributed by atoms with van der Waals surface area (Å²) in [5.74, 6) is -0.211. The molecule has 6 nitrogen and oxygen atoms in total. The Kier molecular flexibility index (Phi) is 5.93. The lowest BCUT2D eigenvalue weighted by Crippen LogP contribution is -2.14. The van der Waals surface area contributed by atoms with Crippen LogP contribution in [0.25, 0.3) is 0 Å². The van der Waals surface area contributed by atoms with Gasteiger partial charge in [-0.3, -0.25) is 4.72 Å². The van der Waals surface area contributed by atoms with Crippen molar-refractivity contribution in [1.82, 2.24) is 0 Å². The lowest BCUT2D eigenvalue weighted by Gasteiger charge is -2.11. The molecular weight excluding hydrogens is 377 g/mol. The predicted octanol–water partition coefficient (Wildman–Crippen LogP) is 3.35. The Morgan fingerprint density at radius 2 is 1.67 bits per heavy atom. The number of anilines is 1. The van der Waals surface area contributed by atoms with E-state index in [9.17, 15) is 13.2 Å². The van der Waals surface area contributed by atoms with Crippen LogP contribution in [0.3, 0.4) is 0 Å². The molecule has 0 fully saturated rings. The van der Waals surface area contributed by atoms with Gasteiger partial charge in [-0.05, 0) is 36.4 Å². The van der Waals surface area contributed by atoms with E-state index in [-0.39, 0.29) is 27.2 Å². The molecule has 0 radical (unpaired) electrons. The average Bonchev–Trinajstić information content (AvgIpc) is 2.56. The van der Waals surface area contributed by atoms with Crippen molar-refractivity contribution in [2.45, 2.75) is 4.90 Å². The van der Waals surface area contributed by atoms with Crippen LogP contribution >= 0.6 is 23.2 Å². The van der Waals surface area contributed by atoms with E-state index in [1.165, 1.54) is 43.5 Å². The molecular formula is C15H13Cl2NO5S. The molecule has 2 aromatic rings. The summed E-state index contributed by atoms with van der Waals surface area (Å²) >= 11 is 11.9. The first-order chi connectivity index (χ1) is 11.3. The maximum Gasteiger partial charge on any atom is 0.343 e. The van der Waals surface area contributed by atoms with E-state index < -0.39 is 16.0 Å². The molecule has 2 aromatic carbocycles. The quantitative estimate of drug-likeness (QED) is 0.766. The second-order valence-electron chi connectivity index (χ2n) is 4.54. The van der Waals surface area contributed by atoms with Crippen molar-refractivity contribution in [2.24, 2.45) is 0 Å². The second-order valence-corrected chi connectivity index (χ2v) is 7.04. The molecule has 0 aliphatic carbocycles. The molecule has 0 heterocycles. The summed E-state index contributed by atoms with van der Waals surface area (Å²) in [7, 11) is -2.63. The number of sulfonamides is 1. The maximum atomic E-state index is 12.4. The lowest BCUT2D eigenvalue weighted by molar-refractivity contribution is -0.142. The van der Waals surface area contributed by atoms with Crippen LogP contribution in [0, 0.1) is 0 Å². The van der Waals surface area contributed by atoms with Crippen molar-refractivity contribution >= 4 is 44.9 Å². The standard InChI is InChI=1S/C15H13Cl2NO5S/c1-22-14(19)9-23-10-5-7-11(8-6-10)24(20,21)18-15-12(16)3-2-4-13(15)17/h2-8,18H,9H2,1H3. The van der Waals surface area contributed by atoms with E-state index >= 15 is 0 Å². The van der Waals surface area contributed by atoms with Crippen LogP contribution in [0.5, 0.6) is 5.75 Å². The summed E-state index contributed by atoms with van der Waals surface area (Å²) in [4.78, 5) is 11.0. The molecule has 0 bridgehead atoms. The summed E-state index contributed by atoms with van der Waals surface area (Å²) in [5.41, 5.74) is 0.104. The fourth-order valence-electron chi connectivity index (χ4n) is 1.70. The van der Waals surface area contributed by atoms with Crippen molar-refractivity contribution in [3.8, 4) is 5.75 Å². The lowest BCUT2D eigenvalue weighted by atomic mass is 10.3. The molecule has 0 amide bonds. The number of esters is 1. The van der Waals surface area contributed by atoms with Gasteiger partial charge in [0.25, 0.3) is 10.0 Å². The normalized spacial score (nSPS) is 11.0. The van der Waals surface area contributed by atoms with Gasteiger partial charge < -0.3 is 9.47 Å². The Morgan fingerprint density at radius 3 is 2.21 bits per heavy atom. The zero-order valence-corrected chi connectivity index (χ0v) is 14.8. The van der Waals surface area contributed by atoms with Gasteiger partial charge >= 0.3 is 5.97 Å². The molecule has 0 saturated heterocycles. The number of carbonyl (C=O) groups excluding carboxylic acids is 1. The van der Waals surface area contributed by atoms with Crippen molar-refractivity contribution in [2.75, 3.05) is 18.4 Å². The summed E-state index contributed by atoms with van der Waals surface area (Å²) in [5, 5.41) is 0.369. The van der Waals surface area contributed by atoms with Crippen LogP contribution in [0.2, 0.25) is 10.0 Å². The molecule has 0 aromatic heterocycles. The van der Waals surface area contributed by atoms with Crippen LogP contribution in [0.15, 0.2) is 47.4 Å². The smallest absolute Gasteiger partial charge is 0.343 e. The highest BCUT2D eigenvalue weighted by atomic mass is 35.5. The summed E-state index contributed by atoms with van der Waals surface area (Å²) in [6.07, 6.45) is 0. The molecule has 0 atom stereocenters. The summed E-state index contributed by atoms with van der Waals surface area (Å²) < 4.78 is 36.7. The van der Waals surface area contributed by atoms with Crippen molar-refractivity contribution in [1.29, 1.82) is 0 Å². The highest BCUT2D eigenvalue weighted by molar-refractivity contribution is 7.92. The fourth-order valence-corrected chi connectivity index (χ4v) is 3.41. The van der Waals surface area contributed by atoms with Gasteiger partial charge in [0.15, 0.2) is 6.61 Å². The fraction of sp³-hybridized carbons (Fsp3) is 0.133. The molecule has 0 aliphatic rings. The monoisotopic (exact) mass is 389 g/mol. The summed E-state index contributed by atoms with van der Waals surface area (Å²) in [6, 6.07) is 10.2. The number of ether oxygens (including phenoxy) is 2. The van der Waals surface area contributed by atoms with Crippen molar-refractivity contribution in [3.05, 3.63) is 52.5 Å². The first kappa shape index (κ1) is 18.4. The summed E-state index contributed by atoms with van der Waals surface area (Å²) in [6.45, 7) is -0.268. The first-order valence-electron chi connectivity index (χ1n) is 6.60. The Labute approximate surface area is 149 Å². The molecule has 2 rings (SSSR count). The topological polar surface area (TPSA) is 81.7 Å². The highest BCUT2D eigenvalue weighted by Gasteiger charge is 2.17. The Hall–Kier alpha value is -1.96. The van der Waals surface area contributed by atoms with Crippen LogP contribution in [0.1, 0.15) is 0 Å². The van der Waals surface area contributed by atoms with Gasteiger partial charge in [-0.2, -0.15) is 0 Å². The van der Waals surface area contributed by atoms with E-state index in [1.54, 1.807) is 6.07 Å². The van der Waals surface area contributed by atoms with Gasteiger partial charge in [0, 0.05) is 0 Å². The number of hydrogen-bond acceptors (Lipinski definition) is 5. The van der Waals surface area contributed by atoms with Gasteiger partial charge in [-0.15, -0.1) is 0 Å². The average molecular weight is 390 g/mol. The first-order valence-corrected chi connectivity index (χ1v) is 8.84. The minimum absolute atomic E-state index is 0.0103. The molecule has 9 heteroatoms. The Morgan fingerprint density at radius 1 is 1.08 bits per heavy atom. The van der Waals surface area contributed by atoms with Crippen LogP contribution in [-0.4, -0.2) is 28.1 Å². The number of carbonyl (C=O) groups is 1. The maximum absolute atomic E-state index is 12.4. The van der Waals surface area contributed by atoms with Crippen molar-refractivity contribution in [3.63, 3.8) is 0 Å². The number of rotatable bonds is 6. The van der Waals surface area contributed by atoms with Gasteiger partial charge in [-0.1, -0.05) is 29.3 Å². The number of nitrogens with one attached hydrogen (secondary N) is 1. The van der Waals surface area contributed by atoms with Crippen molar-refractivity contribution < 1.29 is 22.7 Å². The van der Waals surface area contributed by atoms with Gasteiger partial charge in [0.05, 0.1) is 27.7 Å². The van der Waals surface area contributed by atoms with E-state index in [0.717, 1.165) is 0 Å². The zero-order chi connectivity index (χ0) is 17.7. The number of para-hydroxylation sites is 1. The second kappa shape index (κ2) is 7.74. The minimum atomic E-state index is -3.88. The number of methoxy groups -OCH3 is 1. The van der Waals surface area contributed by atoms with Crippen LogP contribution in [0.4, 0.5) is 5.69 Å². The molecule has 0 spiro atoms. The van der Waals surface area contributed by atoms with Crippen LogP contribution in [-0.2, 0) is 19.6 Å². The Bertz CT molecular complexity index is 817. The van der Waals surface area contributed by atoms with Gasteiger partial charge in [-0.25, -0.2) is 13.2 Å². The third-order valence-corrected chi connectivity index (χ3v) is 4.91. The number of halogens is 2. The van der Waals surface area contributed by atoms with E-state index in [0.29, 0.717) is 5.75 Å². The molecule has 128 valence electrons. The van der Waals surface area contributed by atoms with Crippen LogP contribution < -0.4 is 9.46 Å². The molecule has 1 N–H and O–H groups in total. The molecule has 0 saturated carbocycles. The van der Waals surface area contributed by atoms with Gasteiger partial charge in [0.2, 0.25) is 0 Å². The molecule has 0 unspecified atom stereocenters. The third kappa shape index (κ3) is 4.53. The third-order valence-electron chi connectivity index (χ3n) is 2.92. The molecule has 0 aliphatic heterocycles. The predicted molar refractivity (Wildman–Crippen MR) is 91.2 cm³/mol. The number of benzene rings is 2. The Balaban J connectivity index is 2.16. The van der Waals surface area contributed by atoms with E-state index in [1.807, 2.05) is 0 Å². The van der Waals surface area contributed by atoms with E-state index in [2.05, 4.69) is 9.46 Å². The number of hydrogen-bond donors (Lipinski definition) is 1. The molecule has 24 heavy (non-hydrogen) atoms. The van der Waals surface area contributed by atoms with E-state index in [4.69, 9.17) is 27.9 Å². The highest BCUT2D eigenvalue weighted by Crippen LogP contribution is 2.32.